The lowest BCUT2D eigenvalue weighted by atomic mass is 9.93. The highest BCUT2D eigenvalue weighted by molar-refractivity contribution is 5.81. The summed E-state index contributed by atoms with van der Waals surface area (Å²) in [7, 11) is 0. The first kappa shape index (κ1) is 13.2. The average molecular weight is 210 g/mol. The zero-order valence-electron chi connectivity index (χ0n) is 8.56. The minimum absolute atomic E-state index is 0.116. The van der Waals surface area contributed by atoms with Gasteiger partial charge in [-0.1, -0.05) is 20.8 Å². The third-order valence-corrected chi connectivity index (χ3v) is 1.53. The van der Waals surface area contributed by atoms with Gasteiger partial charge in [0, 0.05) is 0 Å². The number of rotatable bonds is 4. The van der Waals surface area contributed by atoms with Crippen molar-refractivity contribution in [2.45, 2.75) is 33.3 Å². The Kier molecular flexibility index (Phi) is 4.41. The maximum absolute atomic E-state index is 12.7. The predicted octanol–water partition coefficient (Wildman–Crippen LogP) is 1.02. The molecule has 0 rings (SSSR count). The molecular weight excluding hydrogens is 194 g/mol. The van der Waals surface area contributed by atoms with Crippen molar-refractivity contribution in [2.75, 3.05) is 6.61 Å². The van der Waals surface area contributed by atoms with E-state index in [1.54, 1.807) is 0 Å². The number of carbonyl (C=O) groups is 1. The molecular formula is C8H16F2N2O2. The Bertz CT molecular complexity index is 202. The van der Waals surface area contributed by atoms with Gasteiger partial charge in [-0.15, -0.1) is 0 Å². The number of alkyl halides is 2. The smallest absolute Gasteiger partial charge is 0.313 e. The molecule has 3 N–H and O–H groups in total. The van der Waals surface area contributed by atoms with Gasteiger partial charge in [0.2, 0.25) is 0 Å². The van der Waals surface area contributed by atoms with Crippen LogP contribution in [0.3, 0.4) is 0 Å². The van der Waals surface area contributed by atoms with Crippen molar-refractivity contribution in [3.63, 3.8) is 0 Å². The first-order valence-corrected chi connectivity index (χ1v) is 4.22. The molecule has 0 unspecified atom stereocenters. The second-order valence-electron chi connectivity index (χ2n) is 4.15. The van der Waals surface area contributed by atoms with Crippen LogP contribution < -0.4 is 11.3 Å². The lowest BCUT2D eigenvalue weighted by molar-refractivity contribution is -0.232. The van der Waals surface area contributed by atoms with Crippen molar-refractivity contribution in [1.82, 2.24) is 5.43 Å². The average Bonchev–Trinajstić information content (AvgIpc) is 2.00. The van der Waals surface area contributed by atoms with Crippen LogP contribution in [-0.2, 0) is 9.53 Å². The number of hydrogen-bond acceptors (Lipinski definition) is 3. The fraction of sp³-hybridized carbons (Fsp3) is 0.875. The topological polar surface area (TPSA) is 64.3 Å². The molecule has 0 aliphatic carbocycles. The summed E-state index contributed by atoms with van der Waals surface area (Å²) in [5.74, 6) is 2.92. The van der Waals surface area contributed by atoms with Crippen LogP contribution in [0.15, 0.2) is 0 Å². The van der Waals surface area contributed by atoms with Crippen LogP contribution in [0, 0.1) is 5.41 Å². The van der Waals surface area contributed by atoms with E-state index >= 15 is 0 Å². The van der Waals surface area contributed by atoms with Gasteiger partial charge < -0.3 is 4.74 Å². The maximum atomic E-state index is 12.7. The summed E-state index contributed by atoms with van der Waals surface area (Å²) in [5, 5.41) is 0. The number of nitrogens with one attached hydrogen (secondary N) is 1. The van der Waals surface area contributed by atoms with Gasteiger partial charge in [-0.3, -0.25) is 10.2 Å². The van der Waals surface area contributed by atoms with Crippen LogP contribution in [0.2, 0.25) is 0 Å². The molecule has 0 aromatic rings. The van der Waals surface area contributed by atoms with Crippen molar-refractivity contribution in [3.8, 4) is 0 Å². The minimum atomic E-state index is -3.85. The molecule has 0 fully saturated rings. The summed E-state index contributed by atoms with van der Waals surface area (Å²) < 4.78 is 29.5. The molecule has 0 saturated heterocycles. The lowest BCUT2D eigenvalue weighted by Crippen LogP contribution is -2.45. The first-order valence-electron chi connectivity index (χ1n) is 4.22. The lowest BCUT2D eigenvalue weighted by Gasteiger charge is -2.20. The van der Waals surface area contributed by atoms with Gasteiger partial charge in [0.15, 0.2) is 0 Å². The number of nitrogens with two attached hydrogens (primary N) is 1. The van der Waals surface area contributed by atoms with Crippen molar-refractivity contribution >= 4 is 5.91 Å². The molecule has 0 saturated carbocycles. The second-order valence-corrected chi connectivity index (χ2v) is 4.15. The number of carbonyl (C=O) groups excluding carboxylic acids is 1. The Morgan fingerprint density at radius 3 is 2.29 bits per heavy atom. The molecule has 0 aromatic carbocycles. The Morgan fingerprint density at radius 1 is 1.43 bits per heavy atom. The van der Waals surface area contributed by atoms with E-state index in [9.17, 15) is 13.6 Å². The Labute approximate surface area is 81.8 Å². The standard InChI is InChI=1S/C8H16F2N2O2/c1-7(2,3)4-5-14-8(9,10)6(13)12-11/h4-5,11H2,1-3H3,(H,12,13). The van der Waals surface area contributed by atoms with Gasteiger partial charge in [-0.05, 0) is 11.8 Å². The summed E-state index contributed by atoms with van der Waals surface area (Å²) in [6.45, 7) is 5.47. The van der Waals surface area contributed by atoms with Crippen LogP contribution in [0.25, 0.3) is 0 Å². The number of ether oxygens (including phenoxy) is 1. The summed E-state index contributed by atoms with van der Waals surface area (Å²) in [6, 6.07) is 0. The van der Waals surface area contributed by atoms with Gasteiger partial charge in [0.25, 0.3) is 0 Å². The molecule has 84 valence electrons. The van der Waals surface area contributed by atoms with Crippen LogP contribution in [0.1, 0.15) is 27.2 Å². The molecule has 4 nitrogen and oxygen atoms in total. The Morgan fingerprint density at radius 2 is 1.93 bits per heavy atom. The number of amides is 1. The molecule has 0 bridgehead atoms. The van der Waals surface area contributed by atoms with Gasteiger partial charge in [-0.25, -0.2) is 5.84 Å². The van der Waals surface area contributed by atoms with E-state index in [1.807, 2.05) is 20.8 Å². The summed E-state index contributed by atoms with van der Waals surface area (Å²) >= 11 is 0. The van der Waals surface area contributed by atoms with E-state index in [2.05, 4.69) is 10.6 Å². The summed E-state index contributed by atoms with van der Waals surface area (Å²) in [6.07, 6.45) is -3.42. The van der Waals surface area contributed by atoms with Crippen molar-refractivity contribution < 1.29 is 18.3 Å². The van der Waals surface area contributed by atoms with E-state index in [4.69, 9.17) is 0 Å². The van der Waals surface area contributed by atoms with E-state index < -0.39 is 12.0 Å². The van der Waals surface area contributed by atoms with Gasteiger partial charge in [-0.2, -0.15) is 8.78 Å². The van der Waals surface area contributed by atoms with E-state index in [0.717, 1.165) is 0 Å². The van der Waals surface area contributed by atoms with Crippen LogP contribution in [0.4, 0.5) is 8.78 Å². The normalized spacial score (nSPS) is 12.7. The molecule has 0 aromatic heterocycles. The molecule has 6 heteroatoms. The fourth-order valence-corrected chi connectivity index (χ4v) is 0.635. The SMILES string of the molecule is CC(C)(C)CCOC(F)(F)C(=O)NN. The van der Waals surface area contributed by atoms with Crippen molar-refractivity contribution in [2.24, 2.45) is 11.3 Å². The molecule has 0 aliphatic rings. The van der Waals surface area contributed by atoms with Crippen molar-refractivity contribution in [3.05, 3.63) is 0 Å². The highest BCUT2D eigenvalue weighted by Crippen LogP contribution is 2.21. The first-order chi connectivity index (χ1) is 6.19. The number of halogens is 2. The molecule has 14 heavy (non-hydrogen) atoms. The highest BCUT2D eigenvalue weighted by atomic mass is 19.3. The van der Waals surface area contributed by atoms with Gasteiger partial charge in [0.1, 0.15) is 0 Å². The largest absolute Gasteiger partial charge is 0.437 e. The van der Waals surface area contributed by atoms with Crippen molar-refractivity contribution in [1.29, 1.82) is 0 Å². The predicted molar refractivity (Wildman–Crippen MR) is 47.3 cm³/mol. The highest BCUT2D eigenvalue weighted by Gasteiger charge is 2.40. The maximum Gasteiger partial charge on any atom is 0.437 e. The molecule has 0 aliphatic heterocycles. The van der Waals surface area contributed by atoms with Crippen LogP contribution in [0.5, 0.6) is 0 Å². The van der Waals surface area contributed by atoms with E-state index in [-0.39, 0.29) is 12.0 Å². The Hall–Kier alpha value is -0.750. The molecule has 1 amide bonds. The quantitative estimate of drug-likeness (QED) is 0.413. The molecule has 0 radical (unpaired) electrons. The molecule has 0 spiro atoms. The second kappa shape index (κ2) is 4.65. The van der Waals surface area contributed by atoms with Gasteiger partial charge >= 0.3 is 12.0 Å². The third kappa shape index (κ3) is 5.08. The minimum Gasteiger partial charge on any atom is -0.313 e. The monoisotopic (exact) mass is 210 g/mol. The summed E-state index contributed by atoms with van der Waals surface area (Å²) in [4.78, 5) is 10.5. The Balaban J connectivity index is 3.94. The van der Waals surface area contributed by atoms with E-state index in [1.165, 1.54) is 5.43 Å². The number of hydrogen-bond donors (Lipinski definition) is 2. The molecule has 0 atom stereocenters. The van der Waals surface area contributed by atoms with Crippen LogP contribution in [-0.4, -0.2) is 18.6 Å². The summed E-state index contributed by atoms with van der Waals surface area (Å²) in [5.41, 5.74) is 1.22. The van der Waals surface area contributed by atoms with E-state index in [0.29, 0.717) is 6.42 Å². The fourth-order valence-electron chi connectivity index (χ4n) is 0.635. The third-order valence-electron chi connectivity index (χ3n) is 1.53. The van der Waals surface area contributed by atoms with Crippen LogP contribution >= 0.6 is 0 Å². The van der Waals surface area contributed by atoms with Gasteiger partial charge in [0.05, 0.1) is 6.61 Å². The zero-order valence-corrected chi connectivity index (χ0v) is 8.56. The number of hydrazine groups is 1. The molecule has 0 heterocycles. The zero-order chi connectivity index (χ0) is 11.4.